The number of anilines is 1. The lowest BCUT2D eigenvalue weighted by Gasteiger charge is -2.29. The number of nitrogens with two attached hydrogens (primary N) is 1. The van der Waals surface area contributed by atoms with Gasteiger partial charge in [-0.3, -0.25) is 10.1 Å². The highest BCUT2D eigenvalue weighted by atomic mass is 16.6. The fourth-order valence-electron chi connectivity index (χ4n) is 4.30. The zero-order chi connectivity index (χ0) is 19.2. The summed E-state index contributed by atoms with van der Waals surface area (Å²) < 4.78 is 0. The molecule has 0 unspecified atom stereocenters. The summed E-state index contributed by atoms with van der Waals surface area (Å²) in [5.74, 6) is 1.57. The lowest BCUT2D eigenvalue weighted by atomic mass is 9.77. The average molecular weight is 367 g/mol. The fraction of sp³-hybridized carbons (Fsp3) is 0.478. The number of unbranched alkanes of at least 4 members (excludes halogenated alkanes) is 2. The van der Waals surface area contributed by atoms with E-state index in [0.717, 1.165) is 17.0 Å². The van der Waals surface area contributed by atoms with Gasteiger partial charge in [-0.1, -0.05) is 62.9 Å². The summed E-state index contributed by atoms with van der Waals surface area (Å²) in [6.45, 7) is 2.27. The van der Waals surface area contributed by atoms with Crippen LogP contribution in [0.3, 0.4) is 0 Å². The first-order chi connectivity index (χ1) is 13.1. The van der Waals surface area contributed by atoms with Crippen molar-refractivity contribution in [2.24, 2.45) is 5.92 Å². The Hall–Kier alpha value is -2.36. The highest BCUT2D eigenvalue weighted by Crippen LogP contribution is 2.38. The minimum atomic E-state index is -0.424. The molecule has 0 bridgehead atoms. The predicted octanol–water partition coefficient (Wildman–Crippen LogP) is 6.70. The van der Waals surface area contributed by atoms with Crippen molar-refractivity contribution in [3.63, 3.8) is 0 Å². The third kappa shape index (κ3) is 4.88. The quantitative estimate of drug-likeness (QED) is 0.256. The number of nitro groups is 1. The van der Waals surface area contributed by atoms with Crippen molar-refractivity contribution in [1.29, 1.82) is 0 Å². The standard InChI is InChI=1S/C23H30N2O2/c1-2-3-4-5-17-6-8-18(9-7-17)19-10-12-20(13-11-19)21-14-15-22(24)23(16-21)25(26)27/h10-18H,2-9,24H2,1H3. The molecule has 0 aliphatic heterocycles. The number of nitrogen functional groups attached to an aromatic ring is 1. The van der Waals surface area contributed by atoms with Gasteiger partial charge in [-0.2, -0.15) is 0 Å². The topological polar surface area (TPSA) is 69.2 Å². The second-order valence-corrected chi connectivity index (χ2v) is 7.87. The summed E-state index contributed by atoms with van der Waals surface area (Å²) in [7, 11) is 0. The summed E-state index contributed by atoms with van der Waals surface area (Å²) in [5.41, 5.74) is 9.10. The Balaban J connectivity index is 1.63. The lowest BCUT2D eigenvalue weighted by molar-refractivity contribution is -0.383. The normalized spacial score (nSPS) is 19.7. The maximum absolute atomic E-state index is 11.1. The largest absolute Gasteiger partial charge is 0.393 e. The Morgan fingerprint density at radius 3 is 2.30 bits per heavy atom. The van der Waals surface area contributed by atoms with Crippen LogP contribution < -0.4 is 5.73 Å². The van der Waals surface area contributed by atoms with E-state index in [0.29, 0.717) is 5.92 Å². The van der Waals surface area contributed by atoms with E-state index in [-0.39, 0.29) is 11.4 Å². The predicted molar refractivity (Wildman–Crippen MR) is 112 cm³/mol. The Morgan fingerprint density at radius 1 is 1.00 bits per heavy atom. The van der Waals surface area contributed by atoms with Gasteiger partial charge in [-0.05, 0) is 60.3 Å². The van der Waals surface area contributed by atoms with E-state index < -0.39 is 4.92 Å². The molecular formula is C23H30N2O2. The van der Waals surface area contributed by atoms with Gasteiger partial charge in [0, 0.05) is 6.07 Å². The van der Waals surface area contributed by atoms with Crippen molar-refractivity contribution in [3.8, 4) is 11.1 Å². The summed E-state index contributed by atoms with van der Waals surface area (Å²) in [6.07, 6.45) is 10.7. The maximum Gasteiger partial charge on any atom is 0.292 e. The van der Waals surface area contributed by atoms with Gasteiger partial charge in [-0.15, -0.1) is 0 Å². The smallest absolute Gasteiger partial charge is 0.292 e. The van der Waals surface area contributed by atoms with Gasteiger partial charge in [-0.25, -0.2) is 0 Å². The number of rotatable bonds is 7. The molecule has 1 fully saturated rings. The van der Waals surface area contributed by atoms with E-state index in [2.05, 4.69) is 31.2 Å². The first kappa shape index (κ1) is 19.4. The number of nitro benzene ring substituents is 1. The van der Waals surface area contributed by atoms with Gasteiger partial charge in [0.05, 0.1) is 4.92 Å². The van der Waals surface area contributed by atoms with E-state index in [9.17, 15) is 10.1 Å². The molecule has 4 nitrogen and oxygen atoms in total. The Kier molecular flexibility index (Phi) is 6.49. The molecule has 0 heterocycles. The van der Waals surface area contributed by atoms with Gasteiger partial charge >= 0.3 is 0 Å². The molecule has 1 aliphatic carbocycles. The Labute approximate surface area is 161 Å². The highest BCUT2D eigenvalue weighted by Gasteiger charge is 2.22. The Bertz CT molecular complexity index is 762. The van der Waals surface area contributed by atoms with E-state index in [4.69, 9.17) is 5.73 Å². The van der Waals surface area contributed by atoms with E-state index >= 15 is 0 Å². The monoisotopic (exact) mass is 366 g/mol. The molecule has 0 aromatic heterocycles. The molecule has 0 saturated heterocycles. The fourth-order valence-corrected chi connectivity index (χ4v) is 4.30. The first-order valence-electron chi connectivity index (χ1n) is 10.2. The van der Waals surface area contributed by atoms with Crippen LogP contribution in [0.4, 0.5) is 11.4 Å². The van der Waals surface area contributed by atoms with Crippen molar-refractivity contribution >= 4 is 11.4 Å². The van der Waals surface area contributed by atoms with Crippen LogP contribution in [0.1, 0.15) is 69.8 Å². The van der Waals surface area contributed by atoms with Crippen LogP contribution in [0.25, 0.3) is 11.1 Å². The van der Waals surface area contributed by atoms with Gasteiger partial charge in [0.25, 0.3) is 5.69 Å². The molecule has 0 amide bonds. The van der Waals surface area contributed by atoms with Crippen LogP contribution in [0.15, 0.2) is 42.5 Å². The molecule has 0 atom stereocenters. The minimum Gasteiger partial charge on any atom is -0.393 e. The molecule has 1 aliphatic rings. The summed E-state index contributed by atoms with van der Waals surface area (Å²) in [4.78, 5) is 10.7. The second-order valence-electron chi connectivity index (χ2n) is 7.87. The molecule has 2 aromatic rings. The van der Waals surface area contributed by atoms with Crippen molar-refractivity contribution in [2.75, 3.05) is 5.73 Å². The van der Waals surface area contributed by atoms with Gasteiger partial charge in [0.1, 0.15) is 5.69 Å². The summed E-state index contributed by atoms with van der Waals surface area (Å²) >= 11 is 0. The van der Waals surface area contributed by atoms with Crippen molar-refractivity contribution in [2.45, 2.75) is 64.2 Å². The number of hydrogen-bond acceptors (Lipinski definition) is 3. The molecule has 2 aromatic carbocycles. The highest BCUT2D eigenvalue weighted by molar-refractivity contribution is 5.72. The van der Waals surface area contributed by atoms with Gasteiger partial charge in [0.2, 0.25) is 0 Å². The van der Waals surface area contributed by atoms with Crippen LogP contribution >= 0.6 is 0 Å². The van der Waals surface area contributed by atoms with Crippen LogP contribution in [0.2, 0.25) is 0 Å². The third-order valence-corrected chi connectivity index (χ3v) is 6.01. The average Bonchev–Trinajstić information content (AvgIpc) is 2.69. The number of nitrogens with zero attached hydrogens (tertiary/aromatic N) is 1. The SMILES string of the molecule is CCCCCC1CCC(c2ccc(-c3ccc(N)c([N+](=O)[O-])c3)cc2)CC1. The molecular weight excluding hydrogens is 336 g/mol. The molecule has 144 valence electrons. The van der Waals surface area contributed by atoms with Crippen molar-refractivity contribution in [1.82, 2.24) is 0 Å². The van der Waals surface area contributed by atoms with Crippen LogP contribution in [-0.2, 0) is 0 Å². The van der Waals surface area contributed by atoms with E-state index in [1.54, 1.807) is 12.1 Å². The minimum absolute atomic E-state index is 0.0297. The van der Waals surface area contributed by atoms with Gasteiger partial charge < -0.3 is 5.73 Å². The number of benzene rings is 2. The maximum atomic E-state index is 11.1. The second kappa shape index (κ2) is 9.03. The third-order valence-electron chi connectivity index (χ3n) is 6.01. The molecule has 4 heteroatoms. The molecule has 0 spiro atoms. The van der Waals surface area contributed by atoms with Crippen molar-refractivity contribution in [3.05, 3.63) is 58.1 Å². The van der Waals surface area contributed by atoms with E-state index in [1.807, 2.05) is 6.07 Å². The zero-order valence-electron chi connectivity index (χ0n) is 16.2. The molecule has 0 radical (unpaired) electrons. The van der Waals surface area contributed by atoms with Crippen LogP contribution in [-0.4, -0.2) is 4.92 Å². The Morgan fingerprint density at radius 2 is 1.67 bits per heavy atom. The first-order valence-corrected chi connectivity index (χ1v) is 10.2. The molecule has 1 saturated carbocycles. The van der Waals surface area contributed by atoms with Crippen LogP contribution in [0, 0.1) is 16.0 Å². The molecule has 27 heavy (non-hydrogen) atoms. The molecule has 2 N–H and O–H groups in total. The van der Waals surface area contributed by atoms with Crippen molar-refractivity contribution < 1.29 is 4.92 Å². The summed E-state index contributed by atoms with van der Waals surface area (Å²) in [5, 5.41) is 11.1. The lowest BCUT2D eigenvalue weighted by Crippen LogP contribution is -2.13. The van der Waals surface area contributed by atoms with Crippen LogP contribution in [0.5, 0.6) is 0 Å². The zero-order valence-corrected chi connectivity index (χ0v) is 16.2. The van der Waals surface area contributed by atoms with E-state index in [1.165, 1.54) is 56.9 Å². The summed E-state index contributed by atoms with van der Waals surface area (Å²) in [6, 6.07) is 13.6. The molecule has 3 rings (SSSR count). The van der Waals surface area contributed by atoms with Gasteiger partial charge in [0.15, 0.2) is 0 Å². The number of hydrogen-bond donors (Lipinski definition) is 1.